The van der Waals surface area contributed by atoms with Crippen molar-refractivity contribution >= 4 is 5.97 Å². The Kier molecular flexibility index (Phi) is 13.0. The summed E-state index contributed by atoms with van der Waals surface area (Å²) in [5, 5.41) is 0. The zero-order valence-corrected chi connectivity index (χ0v) is 15.4. The molecule has 0 amide bonds. The van der Waals surface area contributed by atoms with Crippen molar-refractivity contribution in [3.63, 3.8) is 0 Å². The van der Waals surface area contributed by atoms with Gasteiger partial charge in [0.2, 0.25) is 0 Å². The molecular weight excluding hydrogens is 272 g/mol. The van der Waals surface area contributed by atoms with Gasteiger partial charge < -0.3 is 4.74 Å². The van der Waals surface area contributed by atoms with Gasteiger partial charge in [0.05, 0.1) is 6.61 Å². The number of carbonyl (C=O) groups excluding carboxylic acids is 1. The summed E-state index contributed by atoms with van der Waals surface area (Å²) in [4.78, 5) is 11.5. The minimum absolute atomic E-state index is 0.225. The lowest BCUT2D eigenvalue weighted by Crippen LogP contribution is -2.02. The van der Waals surface area contributed by atoms with E-state index >= 15 is 0 Å². The first-order valence-corrected chi connectivity index (χ1v) is 9.01. The molecule has 0 aliphatic carbocycles. The number of unbranched alkanes of at least 4 members (excludes halogenated alkanes) is 1. The Balaban J connectivity index is 3.91. The number of esters is 1. The van der Waals surface area contributed by atoms with Crippen LogP contribution in [0, 0.1) is 11.8 Å². The molecule has 22 heavy (non-hydrogen) atoms. The average Bonchev–Trinajstić information content (AvgIpc) is 2.47. The Morgan fingerprint density at radius 3 is 2.41 bits per heavy atom. The first kappa shape index (κ1) is 20.9. The lowest BCUT2D eigenvalue weighted by atomic mass is 9.95. The fourth-order valence-corrected chi connectivity index (χ4v) is 2.22. The van der Waals surface area contributed by atoms with Crippen molar-refractivity contribution < 1.29 is 9.53 Å². The van der Waals surface area contributed by atoms with Gasteiger partial charge in [-0.05, 0) is 37.2 Å². The summed E-state index contributed by atoms with van der Waals surface area (Å²) in [6.07, 6.45) is 14.1. The SMILES string of the molecule is CCCCOC(=O)C=C(C)C=CCC(C)CCCC(C)CC. The van der Waals surface area contributed by atoms with Gasteiger partial charge in [0.15, 0.2) is 0 Å². The maximum Gasteiger partial charge on any atom is 0.331 e. The van der Waals surface area contributed by atoms with E-state index < -0.39 is 0 Å². The van der Waals surface area contributed by atoms with E-state index in [1.165, 1.54) is 25.7 Å². The van der Waals surface area contributed by atoms with E-state index in [0.29, 0.717) is 12.5 Å². The predicted molar refractivity (Wildman–Crippen MR) is 95.9 cm³/mol. The van der Waals surface area contributed by atoms with E-state index in [4.69, 9.17) is 4.74 Å². The van der Waals surface area contributed by atoms with Crippen molar-refractivity contribution in [2.45, 2.75) is 79.6 Å². The first-order valence-electron chi connectivity index (χ1n) is 9.01. The van der Waals surface area contributed by atoms with Crippen LogP contribution in [0.5, 0.6) is 0 Å². The molecule has 2 unspecified atom stereocenters. The molecule has 0 aliphatic heterocycles. The highest BCUT2D eigenvalue weighted by atomic mass is 16.5. The van der Waals surface area contributed by atoms with Gasteiger partial charge in [0.1, 0.15) is 0 Å². The van der Waals surface area contributed by atoms with Gasteiger partial charge >= 0.3 is 5.97 Å². The van der Waals surface area contributed by atoms with Crippen LogP contribution < -0.4 is 0 Å². The van der Waals surface area contributed by atoms with Gasteiger partial charge in [-0.2, -0.15) is 0 Å². The number of carbonyl (C=O) groups is 1. The summed E-state index contributed by atoms with van der Waals surface area (Å²) >= 11 is 0. The number of hydrogen-bond donors (Lipinski definition) is 0. The van der Waals surface area contributed by atoms with Crippen molar-refractivity contribution in [3.05, 3.63) is 23.8 Å². The Labute approximate surface area is 138 Å². The van der Waals surface area contributed by atoms with Crippen LogP contribution in [0.1, 0.15) is 79.6 Å². The summed E-state index contributed by atoms with van der Waals surface area (Å²) in [7, 11) is 0. The van der Waals surface area contributed by atoms with E-state index in [0.717, 1.165) is 30.8 Å². The largest absolute Gasteiger partial charge is 0.463 e. The van der Waals surface area contributed by atoms with E-state index in [1.54, 1.807) is 6.08 Å². The van der Waals surface area contributed by atoms with Gasteiger partial charge in [-0.25, -0.2) is 4.79 Å². The van der Waals surface area contributed by atoms with Gasteiger partial charge in [-0.3, -0.25) is 0 Å². The number of allylic oxidation sites excluding steroid dienone is 3. The van der Waals surface area contributed by atoms with E-state index in [1.807, 2.05) is 13.0 Å². The molecule has 0 aliphatic rings. The minimum atomic E-state index is -0.225. The molecule has 0 rings (SSSR count). The highest BCUT2D eigenvalue weighted by Gasteiger charge is 2.03. The van der Waals surface area contributed by atoms with Crippen LogP contribution in [0.15, 0.2) is 23.8 Å². The Hall–Kier alpha value is -1.05. The molecule has 0 bridgehead atoms. The molecule has 128 valence electrons. The second-order valence-electron chi connectivity index (χ2n) is 6.60. The molecule has 0 spiro atoms. The molecule has 0 heterocycles. The first-order chi connectivity index (χ1) is 10.5. The standard InChI is InChI=1S/C20H36O2/c1-6-8-15-22-20(21)16-19(5)14-10-13-18(4)12-9-11-17(3)7-2/h10,14,16-18H,6-9,11-13,15H2,1-5H3. The zero-order chi connectivity index (χ0) is 16.8. The van der Waals surface area contributed by atoms with Crippen LogP contribution in [0.2, 0.25) is 0 Å². The van der Waals surface area contributed by atoms with Crippen LogP contribution in [-0.2, 0) is 9.53 Å². The molecule has 0 fully saturated rings. The average molecular weight is 309 g/mol. The minimum Gasteiger partial charge on any atom is -0.463 e. The predicted octanol–water partition coefficient (Wildman–Crippen LogP) is 6.07. The number of rotatable bonds is 12. The van der Waals surface area contributed by atoms with E-state index in [9.17, 15) is 4.79 Å². The topological polar surface area (TPSA) is 26.3 Å². The van der Waals surface area contributed by atoms with E-state index in [-0.39, 0.29) is 5.97 Å². The smallest absolute Gasteiger partial charge is 0.331 e. The van der Waals surface area contributed by atoms with Crippen LogP contribution in [0.3, 0.4) is 0 Å². The van der Waals surface area contributed by atoms with Gasteiger partial charge in [-0.15, -0.1) is 0 Å². The van der Waals surface area contributed by atoms with Crippen molar-refractivity contribution in [2.24, 2.45) is 11.8 Å². The summed E-state index contributed by atoms with van der Waals surface area (Å²) in [5.41, 5.74) is 0.966. The normalized spacial score (nSPS) is 15.0. The molecule has 0 saturated heterocycles. The summed E-state index contributed by atoms with van der Waals surface area (Å²) in [6, 6.07) is 0. The summed E-state index contributed by atoms with van der Waals surface area (Å²) in [5.74, 6) is 1.34. The Bertz CT molecular complexity index is 342. The van der Waals surface area contributed by atoms with Crippen molar-refractivity contribution in [1.29, 1.82) is 0 Å². The number of ether oxygens (including phenoxy) is 1. The van der Waals surface area contributed by atoms with Crippen LogP contribution in [-0.4, -0.2) is 12.6 Å². The molecule has 0 saturated carbocycles. The molecule has 0 aromatic carbocycles. The molecule has 0 radical (unpaired) electrons. The molecule has 0 aromatic rings. The summed E-state index contributed by atoms with van der Waals surface area (Å²) in [6.45, 7) is 11.5. The highest BCUT2D eigenvalue weighted by molar-refractivity contribution is 5.83. The third-order valence-electron chi connectivity index (χ3n) is 4.10. The lowest BCUT2D eigenvalue weighted by Gasteiger charge is -2.11. The Morgan fingerprint density at radius 1 is 1.09 bits per heavy atom. The van der Waals surface area contributed by atoms with Crippen LogP contribution >= 0.6 is 0 Å². The van der Waals surface area contributed by atoms with Crippen LogP contribution in [0.4, 0.5) is 0 Å². The zero-order valence-electron chi connectivity index (χ0n) is 15.4. The monoisotopic (exact) mass is 308 g/mol. The highest BCUT2D eigenvalue weighted by Crippen LogP contribution is 2.17. The van der Waals surface area contributed by atoms with Crippen molar-refractivity contribution in [1.82, 2.24) is 0 Å². The van der Waals surface area contributed by atoms with Crippen molar-refractivity contribution in [2.75, 3.05) is 6.61 Å². The second-order valence-corrected chi connectivity index (χ2v) is 6.60. The lowest BCUT2D eigenvalue weighted by molar-refractivity contribution is -0.137. The Morgan fingerprint density at radius 2 is 1.77 bits per heavy atom. The third kappa shape index (κ3) is 12.7. The van der Waals surface area contributed by atoms with Gasteiger partial charge in [0, 0.05) is 6.08 Å². The van der Waals surface area contributed by atoms with Crippen molar-refractivity contribution in [3.8, 4) is 0 Å². The molecule has 2 heteroatoms. The fourth-order valence-electron chi connectivity index (χ4n) is 2.22. The summed E-state index contributed by atoms with van der Waals surface area (Å²) < 4.78 is 5.12. The fraction of sp³-hybridized carbons (Fsp3) is 0.750. The van der Waals surface area contributed by atoms with Gasteiger partial charge in [0.25, 0.3) is 0 Å². The third-order valence-corrected chi connectivity index (χ3v) is 4.10. The maximum atomic E-state index is 11.5. The molecule has 0 aromatic heterocycles. The maximum absolute atomic E-state index is 11.5. The van der Waals surface area contributed by atoms with Crippen LogP contribution in [0.25, 0.3) is 0 Å². The second kappa shape index (κ2) is 13.6. The molecule has 0 N–H and O–H groups in total. The molecular formula is C20H36O2. The quantitative estimate of drug-likeness (QED) is 0.189. The molecule has 2 atom stereocenters. The molecule has 2 nitrogen and oxygen atoms in total. The number of hydrogen-bond acceptors (Lipinski definition) is 2. The van der Waals surface area contributed by atoms with E-state index in [2.05, 4.69) is 33.8 Å². The van der Waals surface area contributed by atoms with Gasteiger partial charge in [-0.1, -0.05) is 72.0 Å².